The van der Waals surface area contributed by atoms with Crippen LogP contribution in [0.15, 0.2) is 30.8 Å². The zero-order valence-electron chi connectivity index (χ0n) is 7.33. The summed E-state index contributed by atoms with van der Waals surface area (Å²) >= 11 is 3.53. The highest BCUT2D eigenvalue weighted by Gasteiger charge is 1.92. The molecule has 0 atom stereocenters. The van der Waals surface area contributed by atoms with Gasteiger partial charge in [0.2, 0.25) is 0 Å². The van der Waals surface area contributed by atoms with Crippen LogP contribution in [0.5, 0.6) is 0 Å². The molecule has 0 saturated heterocycles. The Morgan fingerprint density at radius 2 is 2.00 bits per heavy atom. The van der Waals surface area contributed by atoms with Gasteiger partial charge in [-0.05, 0) is 17.4 Å². The Labute approximate surface area is 79.7 Å². The molecule has 0 radical (unpaired) electrons. The number of rotatable bonds is 2. The van der Waals surface area contributed by atoms with Crippen LogP contribution < -0.4 is 5.73 Å². The average molecular weight is 181 g/mol. The van der Waals surface area contributed by atoms with E-state index < -0.39 is 0 Å². The molecule has 12 heavy (non-hydrogen) atoms. The molecule has 0 amide bonds. The Kier molecular flexibility index (Phi) is 6.53. The van der Waals surface area contributed by atoms with E-state index in [4.69, 9.17) is 5.73 Å². The Bertz CT molecular complexity index is 233. The van der Waals surface area contributed by atoms with Gasteiger partial charge in [0, 0.05) is 6.54 Å². The van der Waals surface area contributed by atoms with E-state index in [9.17, 15) is 0 Å². The molecule has 0 bridgehead atoms. The molecule has 0 saturated carbocycles. The van der Waals surface area contributed by atoms with Gasteiger partial charge in [-0.15, -0.1) is 0 Å². The van der Waals surface area contributed by atoms with Gasteiger partial charge in [0.1, 0.15) is 0 Å². The second-order valence-electron chi connectivity index (χ2n) is 2.11. The van der Waals surface area contributed by atoms with Gasteiger partial charge in [-0.25, -0.2) is 0 Å². The standard InChI is InChI=1S/C9H11N.CH4S/c1-2-8-5-3-4-6-9(8)7-10;1-2/h2-6H,1,7,10H2;2H,1H3. The van der Waals surface area contributed by atoms with Crippen LogP contribution in [0.1, 0.15) is 11.1 Å². The van der Waals surface area contributed by atoms with Crippen LogP contribution in [0.4, 0.5) is 0 Å². The molecule has 1 aromatic rings. The Morgan fingerprint density at radius 3 is 2.42 bits per heavy atom. The predicted molar refractivity (Wildman–Crippen MR) is 59.3 cm³/mol. The summed E-state index contributed by atoms with van der Waals surface area (Å²) in [5.41, 5.74) is 7.76. The highest BCUT2D eigenvalue weighted by atomic mass is 32.1. The quantitative estimate of drug-likeness (QED) is 0.673. The van der Waals surface area contributed by atoms with Crippen LogP contribution in [0.25, 0.3) is 6.08 Å². The lowest BCUT2D eigenvalue weighted by atomic mass is 10.1. The van der Waals surface area contributed by atoms with Gasteiger partial charge in [0.25, 0.3) is 0 Å². The first-order chi connectivity index (χ1) is 5.88. The maximum atomic E-state index is 5.48. The van der Waals surface area contributed by atoms with E-state index in [-0.39, 0.29) is 0 Å². The second kappa shape index (κ2) is 6.95. The summed E-state index contributed by atoms with van der Waals surface area (Å²) in [5, 5.41) is 0. The molecule has 0 aromatic heterocycles. The normalized spacial score (nSPS) is 8.25. The van der Waals surface area contributed by atoms with Crippen molar-refractivity contribution in [2.45, 2.75) is 6.54 Å². The molecule has 0 fully saturated rings. The van der Waals surface area contributed by atoms with Crippen molar-refractivity contribution < 1.29 is 0 Å². The first-order valence-electron chi connectivity index (χ1n) is 3.73. The number of hydrogen-bond acceptors (Lipinski definition) is 2. The smallest absolute Gasteiger partial charge is 0.0184 e. The molecule has 0 aliphatic heterocycles. The van der Waals surface area contributed by atoms with Crippen LogP contribution in [0.3, 0.4) is 0 Å². The summed E-state index contributed by atoms with van der Waals surface area (Å²) in [6.45, 7) is 4.27. The lowest BCUT2D eigenvalue weighted by molar-refractivity contribution is 1.07. The average Bonchev–Trinajstić information content (AvgIpc) is 2.20. The molecule has 0 aliphatic rings. The Hall–Kier alpha value is -0.730. The topological polar surface area (TPSA) is 26.0 Å². The van der Waals surface area contributed by atoms with Crippen LogP contribution >= 0.6 is 12.6 Å². The molecule has 0 unspecified atom stereocenters. The number of thiol groups is 1. The van der Waals surface area contributed by atoms with E-state index in [1.54, 1.807) is 6.26 Å². The molecule has 1 rings (SSSR count). The fraction of sp³-hybridized carbons (Fsp3) is 0.200. The van der Waals surface area contributed by atoms with Crippen molar-refractivity contribution in [1.82, 2.24) is 0 Å². The highest BCUT2D eigenvalue weighted by Crippen LogP contribution is 2.07. The van der Waals surface area contributed by atoms with Crippen molar-refractivity contribution in [3.8, 4) is 0 Å². The Balaban J connectivity index is 0.000000561. The number of nitrogens with two attached hydrogens (primary N) is 1. The molecular weight excluding hydrogens is 166 g/mol. The monoisotopic (exact) mass is 181 g/mol. The van der Waals surface area contributed by atoms with Crippen LogP contribution in [0.2, 0.25) is 0 Å². The summed E-state index contributed by atoms with van der Waals surface area (Å²) in [4.78, 5) is 0. The maximum Gasteiger partial charge on any atom is 0.0184 e. The number of benzene rings is 1. The van der Waals surface area contributed by atoms with Crippen LogP contribution in [0, 0.1) is 0 Å². The van der Waals surface area contributed by atoms with Crippen molar-refractivity contribution in [2.75, 3.05) is 6.26 Å². The van der Waals surface area contributed by atoms with E-state index in [2.05, 4.69) is 19.2 Å². The lowest BCUT2D eigenvalue weighted by Crippen LogP contribution is -1.97. The van der Waals surface area contributed by atoms with Gasteiger partial charge in [0.05, 0.1) is 0 Å². The van der Waals surface area contributed by atoms with Crippen molar-refractivity contribution in [3.63, 3.8) is 0 Å². The van der Waals surface area contributed by atoms with Crippen molar-refractivity contribution in [3.05, 3.63) is 42.0 Å². The third kappa shape index (κ3) is 3.11. The van der Waals surface area contributed by atoms with E-state index in [1.165, 1.54) is 0 Å². The molecule has 2 heteroatoms. The molecule has 0 heterocycles. The third-order valence-electron chi connectivity index (χ3n) is 1.49. The SMILES string of the molecule is C=Cc1ccccc1CN.CS. The molecule has 0 aliphatic carbocycles. The molecule has 0 spiro atoms. The van der Waals surface area contributed by atoms with Gasteiger partial charge in [-0.2, -0.15) is 12.6 Å². The summed E-state index contributed by atoms with van der Waals surface area (Å²) in [7, 11) is 0. The van der Waals surface area contributed by atoms with Gasteiger partial charge in [-0.3, -0.25) is 0 Å². The number of hydrogen-bond donors (Lipinski definition) is 2. The molecular formula is C10H15NS. The zero-order valence-corrected chi connectivity index (χ0v) is 8.22. The summed E-state index contributed by atoms with van der Waals surface area (Å²) in [6, 6.07) is 7.98. The van der Waals surface area contributed by atoms with E-state index in [1.807, 2.05) is 30.3 Å². The van der Waals surface area contributed by atoms with Crippen molar-refractivity contribution in [2.24, 2.45) is 5.73 Å². The Morgan fingerprint density at radius 1 is 1.42 bits per heavy atom. The minimum Gasteiger partial charge on any atom is -0.326 e. The predicted octanol–water partition coefficient (Wildman–Crippen LogP) is 2.33. The fourth-order valence-electron chi connectivity index (χ4n) is 0.919. The maximum absolute atomic E-state index is 5.48. The van der Waals surface area contributed by atoms with Crippen molar-refractivity contribution in [1.29, 1.82) is 0 Å². The highest BCUT2D eigenvalue weighted by molar-refractivity contribution is 7.79. The van der Waals surface area contributed by atoms with Gasteiger partial charge in [0.15, 0.2) is 0 Å². The zero-order chi connectivity index (χ0) is 9.40. The third-order valence-corrected chi connectivity index (χ3v) is 1.49. The van der Waals surface area contributed by atoms with E-state index >= 15 is 0 Å². The first kappa shape index (κ1) is 11.3. The second-order valence-corrected chi connectivity index (χ2v) is 2.11. The van der Waals surface area contributed by atoms with Gasteiger partial charge < -0.3 is 5.73 Å². The van der Waals surface area contributed by atoms with Gasteiger partial charge in [-0.1, -0.05) is 36.9 Å². The molecule has 2 N–H and O–H groups in total. The van der Waals surface area contributed by atoms with Crippen LogP contribution in [-0.4, -0.2) is 6.26 Å². The fourth-order valence-corrected chi connectivity index (χ4v) is 0.919. The first-order valence-corrected chi connectivity index (χ1v) is 4.63. The largest absolute Gasteiger partial charge is 0.326 e. The molecule has 1 nitrogen and oxygen atoms in total. The molecule has 66 valence electrons. The van der Waals surface area contributed by atoms with Crippen molar-refractivity contribution >= 4 is 18.7 Å². The molecule has 1 aromatic carbocycles. The van der Waals surface area contributed by atoms with E-state index in [0.29, 0.717) is 6.54 Å². The minimum atomic E-state index is 0.586. The summed E-state index contributed by atoms with van der Waals surface area (Å²) in [6.07, 6.45) is 3.52. The van der Waals surface area contributed by atoms with E-state index in [0.717, 1.165) is 11.1 Å². The van der Waals surface area contributed by atoms with Gasteiger partial charge >= 0.3 is 0 Å². The summed E-state index contributed by atoms with van der Waals surface area (Å²) in [5.74, 6) is 0. The lowest BCUT2D eigenvalue weighted by Gasteiger charge is -1.99. The van der Waals surface area contributed by atoms with Crippen LogP contribution in [-0.2, 0) is 6.54 Å². The summed E-state index contributed by atoms with van der Waals surface area (Å²) < 4.78 is 0. The minimum absolute atomic E-state index is 0.586.